The summed E-state index contributed by atoms with van der Waals surface area (Å²) < 4.78 is 27.5. The standard InChI is InChI=1S/C19H24N2O4S/c1-14-10-11-16(26(23,24)21-19(2,3)4)12-17(14)18(22)20-25-13-15-8-6-5-7-9-15/h5-12,21H,13H2,1-4H3,(H,20,22). The molecule has 2 rings (SSSR count). The Morgan fingerprint density at radius 2 is 1.73 bits per heavy atom. The number of benzene rings is 2. The summed E-state index contributed by atoms with van der Waals surface area (Å²) >= 11 is 0. The van der Waals surface area contributed by atoms with Gasteiger partial charge in [0.25, 0.3) is 5.91 Å². The molecule has 0 fully saturated rings. The summed E-state index contributed by atoms with van der Waals surface area (Å²) in [5, 5.41) is 0. The van der Waals surface area contributed by atoms with Crippen LogP contribution in [-0.4, -0.2) is 19.9 Å². The van der Waals surface area contributed by atoms with Crippen LogP contribution >= 0.6 is 0 Å². The van der Waals surface area contributed by atoms with Gasteiger partial charge in [0.2, 0.25) is 10.0 Å². The summed E-state index contributed by atoms with van der Waals surface area (Å²) in [6.07, 6.45) is 0. The smallest absolute Gasteiger partial charge is 0.269 e. The van der Waals surface area contributed by atoms with E-state index in [4.69, 9.17) is 4.84 Å². The quantitative estimate of drug-likeness (QED) is 0.759. The van der Waals surface area contributed by atoms with Crippen molar-refractivity contribution in [3.63, 3.8) is 0 Å². The second-order valence-electron chi connectivity index (χ2n) is 7.04. The first kappa shape index (κ1) is 20.1. The molecule has 2 N–H and O–H groups in total. The highest BCUT2D eigenvalue weighted by molar-refractivity contribution is 7.89. The Morgan fingerprint density at radius 3 is 2.35 bits per heavy atom. The Bertz CT molecular complexity index is 872. The van der Waals surface area contributed by atoms with Crippen molar-refractivity contribution in [1.29, 1.82) is 0 Å². The monoisotopic (exact) mass is 376 g/mol. The lowest BCUT2D eigenvalue weighted by Gasteiger charge is -2.20. The zero-order chi connectivity index (χ0) is 19.4. The molecule has 0 spiro atoms. The van der Waals surface area contributed by atoms with Crippen LogP contribution in [0.4, 0.5) is 0 Å². The molecule has 26 heavy (non-hydrogen) atoms. The molecule has 0 atom stereocenters. The zero-order valence-corrected chi connectivity index (χ0v) is 16.2. The number of amides is 1. The fraction of sp³-hybridized carbons (Fsp3) is 0.316. The zero-order valence-electron chi connectivity index (χ0n) is 15.4. The van der Waals surface area contributed by atoms with E-state index < -0.39 is 21.5 Å². The molecule has 6 nitrogen and oxygen atoms in total. The molecule has 0 aliphatic heterocycles. The third-order valence-corrected chi connectivity index (χ3v) is 5.21. The van der Waals surface area contributed by atoms with Gasteiger partial charge in [0, 0.05) is 11.1 Å². The topological polar surface area (TPSA) is 84.5 Å². The van der Waals surface area contributed by atoms with Crippen LogP contribution in [0.3, 0.4) is 0 Å². The minimum absolute atomic E-state index is 0.0336. The molecule has 0 aliphatic carbocycles. The highest BCUT2D eigenvalue weighted by atomic mass is 32.2. The van der Waals surface area contributed by atoms with Crippen LogP contribution in [0.5, 0.6) is 0 Å². The van der Waals surface area contributed by atoms with E-state index in [0.29, 0.717) is 5.56 Å². The molecule has 0 bridgehead atoms. The predicted molar refractivity (Wildman–Crippen MR) is 100.0 cm³/mol. The SMILES string of the molecule is Cc1ccc(S(=O)(=O)NC(C)(C)C)cc1C(=O)NOCc1ccccc1. The fourth-order valence-corrected chi connectivity index (χ4v) is 3.73. The molecule has 2 aromatic rings. The molecule has 0 aromatic heterocycles. The van der Waals surface area contributed by atoms with Crippen LogP contribution < -0.4 is 10.2 Å². The normalized spacial score (nSPS) is 12.0. The van der Waals surface area contributed by atoms with E-state index in [1.54, 1.807) is 33.8 Å². The molecule has 0 aliphatic rings. The molecule has 0 saturated carbocycles. The lowest BCUT2D eigenvalue weighted by molar-refractivity contribution is 0.0233. The first-order valence-electron chi connectivity index (χ1n) is 8.19. The summed E-state index contributed by atoms with van der Waals surface area (Å²) in [6, 6.07) is 13.8. The van der Waals surface area contributed by atoms with Crippen LogP contribution in [0, 0.1) is 6.92 Å². The van der Waals surface area contributed by atoms with Gasteiger partial charge < -0.3 is 0 Å². The maximum Gasteiger partial charge on any atom is 0.275 e. The van der Waals surface area contributed by atoms with Gasteiger partial charge in [-0.25, -0.2) is 18.6 Å². The number of nitrogens with one attached hydrogen (secondary N) is 2. The average molecular weight is 376 g/mol. The largest absolute Gasteiger partial charge is 0.275 e. The maximum absolute atomic E-state index is 12.5. The van der Waals surface area contributed by atoms with Gasteiger partial charge in [-0.15, -0.1) is 0 Å². The van der Waals surface area contributed by atoms with Crippen molar-refractivity contribution in [2.75, 3.05) is 0 Å². The molecule has 140 valence electrons. The van der Waals surface area contributed by atoms with E-state index in [9.17, 15) is 13.2 Å². The summed E-state index contributed by atoms with van der Waals surface area (Å²) in [6.45, 7) is 7.21. The summed E-state index contributed by atoms with van der Waals surface area (Å²) in [7, 11) is -3.73. The molecule has 7 heteroatoms. The highest BCUT2D eigenvalue weighted by Gasteiger charge is 2.23. The van der Waals surface area contributed by atoms with Crippen molar-refractivity contribution in [1.82, 2.24) is 10.2 Å². The van der Waals surface area contributed by atoms with Crippen LogP contribution in [0.2, 0.25) is 0 Å². The van der Waals surface area contributed by atoms with Gasteiger partial charge in [0.1, 0.15) is 0 Å². The fourth-order valence-electron chi connectivity index (χ4n) is 2.29. The van der Waals surface area contributed by atoms with Gasteiger partial charge in [-0.05, 0) is 51.0 Å². The molecule has 0 heterocycles. The first-order valence-corrected chi connectivity index (χ1v) is 9.67. The predicted octanol–water partition coefficient (Wildman–Crippen LogP) is 2.93. The van der Waals surface area contributed by atoms with Crippen LogP contribution in [0.15, 0.2) is 53.4 Å². The third kappa shape index (κ3) is 5.66. The van der Waals surface area contributed by atoms with Crippen LogP contribution in [-0.2, 0) is 21.5 Å². The Balaban J connectivity index is 2.12. The van der Waals surface area contributed by atoms with Gasteiger partial charge in [0.15, 0.2) is 0 Å². The number of rotatable bonds is 6. The van der Waals surface area contributed by atoms with Gasteiger partial charge >= 0.3 is 0 Å². The number of hydroxylamine groups is 1. The van der Waals surface area contributed by atoms with Crippen LogP contribution in [0.25, 0.3) is 0 Å². The van der Waals surface area contributed by atoms with Gasteiger partial charge in [-0.2, -0.15) is 0 Å². The maximum atomic E-state index is 12.5. The second-order valence-corrected chi connectivity index (χ2v) is 8.72. The van der Waals surface area contributed by atoms with E-state index in [2.05, 4.69) is 10.2 Å². The lowest BCUT2D eigenvalue weighted by Crippen LogP contribution is -2.40. The van der Waals surface area contributed by atoms with Crippen molar-refractivity contribution in [2.24, 2.45) is 0 Å². The molecular weight excluding hydrogens is 352 g/mol. The van der Waals surface area contributed by atoms with Crippen molar-refractivity contribution in [2.45, 2.75) is 44.7 Å². The number of hydrogen-bond donors (Lipinski definition) is 2. The number of carbonyl (C=O) groups excluding carboxylic acids is 1. The van der Waals surface area contributed by atoms with Crippen molar-refractivity contribution in [3.8, 4) is 0 Å². The number of aryl methyl sites for hydroxylation is 1. The molecule has 0 radical (unpaired) electrons. The van der Waals surface area contributed by atoms with Gasteiger partial charge in [-0.3, -0.25) is 9.63 Å². The second kappa shape index (κ2) is 7.99. The number of hydrogen-bond acceptors (Lipinski definition) is 4. The molecular formula is C19H24N2O4S. The van der Waals surface area contributed by atoms with Crippen molar-refractivity contribution < 1.29 is 18.0 Å². The molecule has 2 aromatic carbocycles. The molecule has 0 unspecified atom stereocenters. The Morgan fingerprint density at radius 1 is 1.08 bits per heavy atom. The summed E-state index contributed by atoms with van der Waals surface area (Å²) in [5.41, 5.74) is 3.55. The van der Waals surface area contributed by atoms with E-state index >= 15 is 0 Å². The third-order valence-electron chi connectivity index (χ3n) is 3.45. The van der Waals surface area contributed by atoms with Crippen LogP contribution in [0.1, 0.15) is 42.3 Å². The lowest BCUT2D eigenvalue weighted by atomic mass is 10.1. The highest BCUT2D eigenvalue weighted by Crippen LogP contribution is 2.17. The Labute approximate surface area is 154 Å². The van der Waals surface area contributed by atoms with Crippen molar-refractivity contribution >= 4 is 15.9 Å². The minimum atomic E-state index is -3.73. The first-order chi connectivity index (χ1) is 12.1. The van der Waals surface area contributed by atoms with Crippen molar-refractivity contribution in [3.05, 3.63) is 65.2 Å². The molecule has 0 saturated heterocycles. The Hall–Kier alpha value is -2.22. The van der Waals surface area contributed by atoms with E-state index in [1.807, 2.05) is 30.3 Å². The summed E-state index contributed by atoms with van der Waals surface area (Å²) in [5.74, 6) is -0.494. The minimum Gasteiger partial charge on any atom is -0.269 e. The van der Waals surface area contributed by atoms with E-state index in [1.165, 1.54) is 12.1 Å². The number of sulfonamides is 1. The van der Waals surface area contributed by atoms with E-state index in [0.717, 1.165) is 5.56 Å². The molecule has 1 amide bonds. The number of carbonyl (C=O) groups is 1. The van der Waals surface area contributed by atoms with E-state index in [-0.39, 0.29) is 17.1 Å². The average Bonchev–Trinajstić information content (AvgIpc) is 2.53. The van der Waals surface area contributed by atoms with Gasteiger partial charge in [-0.1, -0.05) is 36.4 Å². The summed E-state index contributed by atoms with van der Waals surface area (Å²) in [4.78, 5) is 17.6. The Kier molecular flexibility index (Phi) is 6.17. The van der Waals surface area contributed by atoms with Gasteiger partial charge in [0.05, 0.1) is 11.5 Å².